The number of halogens is 3. The lowest BCUT2D eigenvalue weighted by atomic mass is 10.1. The number of nitrogens with one attached hydrogen (secondary N) is 2. The largest absolute Gasteiger partial charge is 0.466 e. The van der Waals surface area contributed by atoms with Gasteiger partial charge in [-0.2, -0.15) is 23.4 Å². The summed E-state index contributed by atoms with van der Waals surface area (Å²) in [5, 5.41) is 6.49. The molecule has 0 heterocycles. The van der Waals surface area contributed by atoms with E-state index in [1.807, 2.05) is 6.07 Å². The molecule has 34 heavy (non-hydrogen) atoms. The van der Waals surface area contributed by atoms with E-state index >= 15 is 0 Å². The van der Waals surface area contributed by atoms with Crippen LogP contribution in [0.15, 0.2) is 40.5 Å². The van der Waals surface area contributed by atoms with Crippen LogP contribution < -0.4 is 22.3 Å². The standard InChI is InChI=1S/C12H15N3O3.C7H10F3N3O3/c1-2-18-11(16)8-10(14-15-12(13)17)9-6-4-3-5-7-9;1-2-16-5(14)3-4(7(8,9)10)12-13-6(11)15/h3-7H,2,8H2,1H3,(H3,13,15,17);2-3H2,1H3,(H3,11,13,15)/b14-10+;. The Bertz CT molecular complexity index is 890. The number of esters is 2. The van der Waals surface area contributed by atoms with Crippen LogP contribution in [-0.4, -0.2) is 54.8 Å². The van der Waals surface area contributed by atoms with Crippen molar-refractivity contribution in [3.63, 3.8) is 0 Å². The number of carbonyl (C=O) groups excluding carboxylic acids is 4. The number of benzene rings is 1. The molecule has 1 aromatic rings. The summed E-state index contributed by atoms with van der Waals surface area (Å²) in [5.74, 6) is -1.50. The van der Waals surface area contributed by atoms with Crippen molar-refractivity contribution in [1.29, 1.82) is 0 Å². The first kappa shape index (κ1) is 29.8. The van der Waals surface area contributed by atoms with E-state index in [0.717, 1.165) is 5.56 Å². The van der Waals surface area contributed by atoms with E-state index < -0.39 is 42.3 Å². The van der Waals surface area contributed by atoms with Crippen LogP contribution in [0.5, 0.6) is 0 Å². The van der Waals surface area contributed by atoms with Gasteiger partial charge in [-0.25, -0.2) is 20.4 Å². The van der Waals surface area contributed by atoms with Gasteiger partial charge in [-0.1, -0.05) is 30.3 Å². The number of hydrazone groups is 2. The van der Waals surface area contributed by atoms with Gasteiger partial charge < -0.3 is 20.9 Å². The number of urea groups is 2. The van der Waals surface area contributed by atoms with E-state index in [0.29, 0.717) is 12.3 Å². The Labute approximate surface area is 192 Å². The van der Waals surface area contributed by atoms with Crippen molar-refractivity contribution >= 4 is 35.4 Å². The predicted octanol–water partition coefficient (Wildman–Crippen LogP) is 1.54. The maximum Gasteiger partial charge on any atom is 0.431 e. The molecule has 0 aliphatic rings. The maximum atomic E-state index is 12.2. The molecule has 1 rings (SSSR count). The molecular formula is C19H25F3N6O6. The molecule has 0 aliphatic heterocycles. The molecule has 1 aromatic carbocycles. The first-order valence-corrected chi connectivity index (χ1v) is 9.58. The van der Waals surface area contributed by atoms with Crippen LogP contribution in [0, 0.1) is 0 Å². The SMILES string of the molecule is CCOC(=O)C/C(=N\NC(N)=O)c1ccccc1.CCOC(=O)CC(=NNC(N)=O)C(F)(F)F. The Morgan fingerprint density at radius 1 is 0.853 bits per heavy atom. The van der Waals surface area contributed by atoms with Gasteiger partial charge in [-0.05, 0) is 19.4 Å². The van der Waals surface area contributed by atoms with Gasteiger partial charge in [-0.3, -0.25) is 9.59 Å². The molecule has 0 atom stereocenters. The van der Waals surface area contributed by atoms with Crippen molar-refractivity contribution in [3.05, 3.63) is 35.9 Å². The molecule has 188 valence electrons. The van der Waals surface area contributed by atoms with E-state index in [1.165, 1.54) is 12.3 Å². The molecular weight excluding hydrogens is 465 g/mol. The molecule has 0 saturated carbocycles. The van der Waals surface area contributed by atoms with Gasteiger partial charge in [0.15, 0.2) is 5.71 Å². The van der Waals surface area contributed by atoms with Gasteiger partial charge in [0.25, 0.3) is 0 Å². The zero-order valence-corrected chi connectivity index (χ0v) is 18.3. The molecule has 0 bridgehead atoms. The second-order valence-corrected chi connectivity index (χ2v) is 5.90. The van der Waals surface area contributed by atoms with Crippen molar-refractivity contribution in [2.75, 3.05) is 13.2 Å². The molecule has 15 heteroatoms. The molecule has 4 amide bonds. The van der Waals surface area contributed by atoms with Crippen LogP contribution in [0.4, 0.5) is 22.8 Å². The lowest BCUT2D eigenvalue weighted by molar-refractivity contribution is -0.143. The number of hydrogen-bond donors (Lipinski definition) is 4. The predicted molar refractivity (Wildman–Crippen MR) is 114 cm³/mol. The second-order valence-electron chi connectivity index (χ2n) is 5.90. The summed E-state index contributed by atoms with van der Waals surface area (Å²) in [6.45, 7) is 3.42. The van der Waals surface area contributed by atoms with E-state index in [2.05, 4.69) is 26.1 Å². The van der Waals surface area contributed by atoms with Crippen LogP contribution in [0.2, 0.25) is 0 Å². The Morgan fingerprint density at radius 3 is 1.76 bits per heavy atom. The zero-order chi connectivity index (χ0) is 26.1. The molecule has 12 nitrogen and oxygen atoms in total. The molecule has 0 unspecified atom stereocenters. The van der Waals surface area contributed by atoms with Crippen molar-refractivity contribution in [1.82, 2.24) is 10.9 Å². The first-order valence-electron chi connectivity index (χ1n) is 9.58. The highest BCUT2D eigenvalue weighted by Crippen LogP contribution is 2.19. The van der Waals surface area contributed by atoms with Crippen LogP contribution in [0.25, 0.3) is 0 Å². The number of nitrogens with zero attached hydrogens (tertiary/aromatic N) is 2. The molecule has 6 N–H and O–H groups in total. The highest BCUT2D eigenvalue weighted by Gasteiger charge is 2.37. The quantitative estimate of drug-likeness (QED) is 0.231. The van der Waals surface area contributed by atoms with Gasteiger partial charge in [0, 0.05) is 0 Å². The van der Waals surface area contributed by atoms with Crippen molar-refractivity contribution in [3.8, 4) is 0 Å². The van der Waals surface area contributed by atoms with E-state index in [1.54, 1.807) is 31.2 Å². The monoisotopic (exact) mass is 490 g/mol. The summed E-state index contributed by atoms with van der Waals surface area (Å²) < 4.78 is 45.9. The first-order chi connectivity index (χ1) is 15.9. The number of rotatable bonds is 9. The molecule has 0 spiro atoms. The molecule has 0 saturated heterocycles. The van der Waals surface area contributed by atoms with Gasteiger partial charge >= 0.3 is 30.2 Å². The third-order valence-electron chi connectivity index (χ3n) is 3.27. The number of ether oxygens (including phenoxy) is 2. The van der Waals surface area contributed by atoms with Gasteiger partial charge in [0.05, 0.1) is 31.8 Å². The van der Waals surface area contributed by atoms with Crippen LogP contribution >= 0.6 is 0 Å². The minimum Gasteiger partial charge on any atom is -0.466 e. The molecule has 0 aliphatic carbocycles. The van der Waals surface area contributed by atoms with Gasteiger partial charge in [-0.15, -0.1) is 0 Å². The third kappa shape index (κ3) is 14.0. The summed E-state index contributed by atoms with van der Waals surface area (Å²) in [6.07, 6.45) is -5.95. The van der Waals surface area contributed by atoms with Gasteiger partial charge in [0.2, 0.25) is 0 Å². The molecule has 0 radical (unpaired) electrons. The summed E-state index contributed by atoms with van der Waals surface area (Å²) >= 11 is 0. The Balaban J connectivity index is 0.000000646. The fourth-order valence-corrected chi connectivity index (χ4v) is 1.98. The van der Waals surface area contributed by atoms with Crippen molar-refractivity contribution in [2.45, 2.75) is 32.9 Å². The lowest BCUT2D eigenvalue weighted by Gasteiger charge is -2.09. The number of hydrogen-bond acceptors (Lipinski definition) is 8. The molecule has 0 fully saturated rings. The summed E-state index contributed by atoms with van der Waals surface area (Å²) in [4.78, 5) is 43.0. The minimum absolute atomic E-state index is 0.0296. The third-order valence-corrected chi connectivity index (χ3v) is 3.27. The summed E-state index contributed by atoms with van der Waals surface area (Å²) in [7, 11) is 0. The summed E-state index contributed by atoms with van der Waals surface area (Å²) in [5.41, 5.74) is 12.6. The number of primary amides is 2. The zero-order valence-electron chi connectivity index (χ0n) is 18.3. The second kappa shape index (κ2) is 15.6. The number of carbonyl (C=O) groups is 4. The van der Waals surface area contributed by atoms with Crippen molar-refractivity contribution in [2.24, 2.45) is 21.7 Å². The Hall–Kier alpha value is -4.17. The highest BCUT2D eigenvalue weighted by molar-refractivity contribution is 6.09. The average molecular weight is 490 g/mol. The number of nitrogens with two attached hydrogens (primary N) is 2. The van der Waals surface area contributed by atoms with E-state index in [4.69, 9.17) is 10.5 Å². The van der Waals surface area contributed by atoms with E-state index in [-0.39, 0.29) is 13.0 Å². The fraction of sp³-hybridized carbons (Fsp3) is 0.368. The van der Waals surface area contributed by atoms with Crippen LogP contribution in [0.1, 0.15) is 32.3 Å². The smallest absolute Gasteiger partial charge is 0.431 e. The average Bonchev–Trinajstić information content (AvgIpc) is 2.74. The Kier molecular flexibility index (Phi) is 13.7. The fourth-order valence-electron chi connectivity index (χ4n) is 1.98. The highest BCUT2D eigenvalue weighted by atomic mass is 19.4. The maximum absolute atomic E-state index is 12.2. The van der Waals surface area contributed by atoms with Gasteiger partial charge in [0.1, 0.15) is 0 Å². The topological polar surface area (TPSA) is 188 Å². The summed E-state index contributed by atoms with van der Waals surface area (Å²) in [6, 6.07) is 6.97. The normalized spacial score (nSPS) is 11.4. The van der Waals surface area contributed by atoms with Crippen LogP contribution in [-0.2, 0) is 19.1 Å². The minimum atomic E-state index is -4.84. The number of alkyl halides is 3. The number of amides is 4. The van der Waals surface area contributed by atoms with E-state index in [9.17, 15) is 32.3 Å². The lowest BCUT2D eigenvalue weighted by Crippen LogP contribution is -2.32. The molecule has 0 aromatic heterocycles. The van der Waals surface area contributed by atoms with Crippen molar-refractivity contribution < 1.29 is 41.8 Å². The van der Waals surface area contributed by atoms with Crippen LogP contribution in [0.3, 0.4) is 0 Å². The Morgan fingerprint density at radius 2 is 1.32 bits per heavy atom.